The number of nitrogens with one attached hydrogen (secondary N) is 1. The largest absolute Gasteiger partial charge is 0.457 e. The highest BCUT2D eigenvalue weighted by molar-refractivity contribution is 6.30. The highest BCUT2D eigenvalue weighted by atomic mass is 35.5. The fourth-order valence-corrected chi connectivity index (χ4v) is 2.24. The molecule has 1 N–H and O–H groups in total. The van der Waals surface area contributed by atoms with Gasteiger partial charge in [-0.15, -0.1) is 0 Å². The number of hydrogen-bond donors (Lipinski definition) is 1. The van der Waals surface area contributed by atoms with Crippen LogP contribution in [0.2, 0.25) is 5.02 Å². The molecule has 21 heavy (non-hydrogen) atoms. The summed E-state index contributed by atoms with van der Waals surface area (Å²) in [6.07, 6.45) is 1.07. The van der Waals surface area contributed by atoms with Crippen LogP contribution in [0.1, 0.15) is 31.9 Å². The maximum absolute atomic E-state index is 13.2. The molecule has 1 atom stereocenters. The number of benzene rings is 2. The monoisotopic (exact) mass is 307 g/mol. The lowest BCUT2D eigenvalue weighted by molar-refractivity contribution is 0.459. The van der Waals surface area contributed by atoms with Gasteiger partial charge in [-0.05, 0) is 38.1 Å². The van der Waals surface area contributed by atoms with Crippen molar-refractivity contribution in [2.45, 2.75) is 26.3 Å². The van der Waals surface area contributed by atoms with Crippen molar-refractivity contribution < 1.29 is 9.13 Å². The van der Waals surface area contributed by atoms with Gasteiger partial charge in [0.2, 0.25) is 0 Å². The Morgan fingerprint density at radius 1 is 1.24 bits per heavy atom. The zero-order valence-electron chi connectivity index (χ0n) is 12.2. The summed E-state index contributed by atoms with van der Waals surface area (Å²) in [6.45, 7) is 5.16. The van der Waals surface area contributed by atoms with Crippen LogP contribution in [0.25, 0.3) is 0 Å². The van der Waals surface area contributed by atoms with Crippen LogP contribution in [0.5, 0.6) is 11.5 Å². The van der Waals surface area contributed by atoms with E-state index in [2.05, 4.69) is 19.2 Å². The van der Waals surface area contributed by atoms with Gasteiger partial charge in [-0.2, -0.15) is 0 Å². The Balaban J connectivity index is 2.21. The van der Waals surface area contributed by atoms with Crippen LogP contribution in [0.3, 0.4) is 0 Å². The second kappa shape index (κ2) is 7.43. The minimum absolute atomic E-state index is 0.0575. The topological polar surface area (TPSA) is 21.3 Å². The Hall–Kier alpha value is -1.58. The Kier molecular flexibility index (Phi) is 5.59. The van der Waals surface area contributed by atoms with E-state index in [-0.39, 0.29) is 11.1 Å². The number of ether oxygens (including phenoxy) is 1. The molecule has 1 unspecified atom stereocenters. The molecule has 0 amide bonds. The van der Waals surface area contributed by atoms with Gasteiger partial charge in [0.05, 0.1) is 5.02 Å². The maximum Gasteiger partial charge on any atom is 0.142 e. The summed E-state index contributed by atoms with van der Waals surface area (Å²) in [6, 6.07) is 12.3. The zero-order valence-corrected chi connectivity index (χ0v) is 13.0. The van der Waals surface area contributed by atoms with Crippen molar-refractivity contribution in [3.63, 3.8) is 0 Å². The van der Waals surface area contributed by atoms with E-state index >= 15 is 0 Å². The van der Waals surface area contributed by atoms with E-state index in [0.29, 0.717) is 5.75 Å². The van der Waals surface area contributed by atoms with E-state index < -0.39 is 5.82 Å². The molecule has 0 aromatic heterocycles. The normalized spacial score (nSPS) is 12.2. The first-order valence-electron chi connectivity index (χ1n) is 7.07. The lowest BCUT2D eigenvalue weighted by atomic mass is 10.1. The molecular weight excluding hydrogens is 289 g/mol. The van der Waals surface area contributed by atoms with Crippen LogP contribution in [-0.2, 0) is 0 Å². The minimum Gasteiger partial charge on any atom is -0.457 e. The number of para-hydroxylation sites is 1. The Labute approximate surface area is 129 Å². The average molecular weight is 308 g/mol. The molecule has 2 rings (SSSR count). The summed E-state index contributed by atoms with van der Waals surface area (Å²) in [5.41, 5.74) is 1.06. The van der Waals surface area contributed by atoms with Crippen molar-refractivity contribution in [3.05, 3.63) is 58.9 Å². The molecule has 0 heterocycles. The smallest absolute Gasteiger partial charge is 0.142 e. The highest BCUT2D eigenvalue weighted by Gasteiger charge is 2.11. The summed E-state index contributed by atoms with van der Waals surface area (Å²) in [5, 5.41) is 3.49. The molecule has 4 heteroatoms. The number of halogens is 2. The summed E-state index contributed by atoms with van der Waals surface area (Å²) < 4.78 is 19.0. The van der Waals surface area contributed by atoms with Gasteiger partial charge in [0.15, 0.2) is 0 Å². The lowest BCUT2D eigenvalue weighted by Gasteiger charge is -2.18. The van der Waals surface area contributed by atoms with Crippen LogP contribution < -0.4 is 10.1 Å². The molecule has 0 aliphatic carbocycles. The van der Waals surface area contributed by atoms with E-state index in [9.17, 15) is 4.39 Å². The number of rotatable bonds is 6. The molecule has 0 fully saturated rings. The predicted molar refractivity (Wildman–Crippen MR) is 84.6 cm³/mol. The molecule has 2 aromatic rings. The molecule has 0 aliphatic rings. The third-order valence-electron chi connectivity index (χ3n) is 3.20. The molecule has 0 radical (unpaired) electrons. The molecule has 0 saturated carbocycles. The molecule has 0 spiro atoms. The minimum atomic E-state index is -0.449. The number of hydrogen-bond acceptors (Lipinski definition) is 2. The lowest BCUT2D eigenvalue weighted by Crippen LogP contribution is -2.19. The van der Waals surface area contributed by atoms with E-state index in [0.717, 1.165) is 24.3 Å². The van der Waals surface area contributed by atoms with E-state index in [1.165, 1.54) is 12.1 Å². The van der Waals surface area contributed by atoms with Crippen LogP contribution >= 0.6 is 11.6 Å². The molecule has 0 bridgehead atoms. The first-order chi connectivity index (χ1) is 10.1. The van der Waals surface area contributed by atoms with E-state index in [1.54, 1.807) is 6.07 Å². The molecule has 0 saturated heterocycles. The van der Waals surface area contributed by atoms with Gasteiger partial charge in [0, 0.05) is 17.7 Å². The van der Waals surface area contributed by atoms with Crippen LogP contribution in [0.4, 0.5) is 4.39 Å². The predicted octanol–water partition coefficient (Wildman–Crippen LogP) is 5.33. The molecule has 2 aromatic carbocycles. The Morgan fingerprint density at radius 3 is 2.71 bits per heavy atom. The molecule has 2 nitrogen and oxygen atoms in total. The van der Waals surface area contributed by atoms with E-state index in [4.69, 9.17) is 16.3 Å². The fraction of sp³-hybridized carbons (Fsp3) is 0.294. The standard InChI is InChI=1S/C17H19ClFNO/c1-3-10-20-12(2)14-6-4-5-7-17(14)21-13-8-9-16(19)15(18)11-13/h4-9,11-12,20H,3,10H2,1-2H3. The van der Waals surface area contributed by atoms with Crippen molar-refractivity contribution in [3.8, 4) is 11.5 Å². The third-order valence-corrected chi connectivity index (χ3v) is 3.49. The van der Waals surface area contributed by atoms with Gasteiger partial charge in [-0.25, -0.2) is 4.39 Å². The summed E-state index contributed by atoms with van der Waals surface area (Å²) in [7, 11) is 0. The van der Waals surface area contributed by atoms with Crippen molar-refractivity contribution >= 4 is 11.6 Å². The van der Waals surface area contributed by atoms with Crippen LogP contribution in [0.15, 0.2) is 42.5 Å². The van der Waals surface area contributed by atoms with Gasteiger partial charge in [-0.1, -0.05) is 36.7 Å². The van der Waals surface area contributed by atoms with Gasteiger partial charge in [-0.3, -0.25) is 0 Å². The average Bonchev–Trinajstić information content (AvgIpc) is 2.49. The summed E-state index contributed by atoms with van der Waals surface area (Å²) in [4.78, 5) is 0. The van der Waals surface area contributed by atoms with Crippen LogP contribution in [-0.4, -0.2) is 6.54 Å². The highest BCUT2D eigenvalue weighted by Crippen LogP contribution is 2.31. The Bertz CT molecular complexity index is 603. The van der Waals surface area contributed by atoms with Crippen molar-refractivity contribution in [1.29, 1.82) is 0 Å². The fourth-order valence-electron chi connectivity index (χ4n) is 2.07. The molecular formula is C17H19ClFNO. The second-order valence-electron chi connectivity index (χ2n) is 4.89. The third kappa shape index (κ3) is 4.19. The summed E-state index contributed by atoms with van der Waals surface area (Å²) in [5.74, 6) is 0.822. The quantitative estimate of drug-likeness (QED) is 0.778. The summed E-state index contributed by atoms with van der Waals surface area (Å²) >= 11 is 5.78. The van der Waals surface area contributed by atoms with E-state index in [1.807, 2.05) is 24.3 Å². The van der Waals surface area contributed by atoms with Crippen LogP contribution in [0, 0.1) is 5.82 Å². The van der Waals surface area contributed by atoms with Crippen molar-refractivity contribution in [2.75, 3.05) is 6.54 Å². The van der Waals surface area contributed by atoms with Crippen molar-refractivity contribution in [1.82, 2.24) is 5.32 Å². The first-order valence-corrected chi connectivity index (χ1v) is 7.44. The zero-order chi connectivity index (χ0) is 15.2. The molecule has 0 aliphatic heterocycles. The maximum atomic E-state index is 13.2. The molecule has 112 valence electrons. The van der Waals surface area contributed by atoms with Gasteiger partial charge >= 0.3 is 0 Å². The Morgan fingerprint density at radius 2 is 2.00 bits per heavy atom. The first kappa shape index (κ1) is 15.8. The van der Waals surface area contributed by atoms with Gasteiger partial charge in [0.25, 0.3) is 0 Å². The van der Waals surface area contributed by atoms with Crippen molar-refractivity contribution in [2.24, 2.45) is 0 Å². The van der Waals surface area contributed by atoms with Gasteiger partial charge < -0.3 is 10.1 Å². The SMILES string of the molecule is CCCNC(C)c1ccccc1Oc1ccc(F)c(Cl)c1. The van der Waals surface area contributed by atoms with Gasteiger partial charge in [0.1, 0.15) is 17.3 Å². The second-order valence-corrected chi connectivity index (χ2v) is 5.30.